The molecule has 2 fully saturated rings. The summed E-state index contributed by atoms with van der Waals surface area (Å²) >= 11 is 1.81. The van der Waals surface area contributed by atoms with Crippen molar-refractivity contribution in [3.8, 4) is 17.0 Å². The number of hydrogen-bond donors (Lipinski definition) is 0. The number of rotatable bonds is 5. The van der Waals surface area contributed by atoms with Gasteiger partial charge < -0.3 is 9.30 Å². The number of aromatic nitrogens is 2. The highest BCUT2D eigenvalue weighted by Gasteiger charge is 2.26. The zero-order valence-corrected chi connectivity index (χ0v) is 18.4. The van der Waals surface area contributed by atoms with Crippen molar-refractivity contribution >= 4 is 22.2 Å². The molecule has 1 aliphatic heterocycles. The summed E-state index contributed by atoms with van der Waals surface area (Å²) in [4.78, 5) is 7.62. The lowest BCUT2D eigenvalue weighted by molar-refractivity contribution is 0.331. The first-order valence-electron chi connectivity index (χ1n) is 11.1. The monoisotopic (exact) mass is 409 g/mol. The van der Waals surface area contributed by atoms with E-state index in [1.54, 1.807) is 7.11 Å². The lowest BCUT2D eigenvalue weighted by Gasteiger charge is -2.26. The standard InChI is InChI=1S/C24H31N3OS/c1-17-23(20-16-29-22(25-20)15-26-13-6-7-14-26)19-11-8-12-21(28-2)24(19)27(17)18-9-4-3-5-10-18/h8,11-12,16,18H,3-7,9-10,13-15H2,1-2H3. The number of nitrogens with zero attached hydrogens (tertiary/aromatic N) is 3. The number of para-hydroxylation sites is 1. The van der Waals surface area contributed by atoms with Crippen molar-refractivity contribution in [3.05, 3.63) is 34.3 Å². The van der Waals surface area contributed by atoms with Gasteiger partial charge in [-0.3, -0.25) is 4.90 Å². The number of benzene rings is 1. The minimum atomic E-state index is 0.569. The molecule has 0 atom stereocenters. The van der Waals surface area contributed by atoms with E-state index in [1.165, 1.54) is 85.2 Å². The van der Waals surface area contributed by atoms with Crippen LogP contribution in [0.25, 0.3) is 22.2 Å². The Balaban J connectivity index is 1.60. The number of thiazole rings is 1. The molecular weight excluding hydrogens is 378 g/mol. The lowest BCUT2D eigenvalue weighted by atomic mass is 9.95. The molecule has 1 saturated carbocycles. The van der Waals surface area contributed by atoms with Crippen LogP contribution in [-0.2, 0) is 6.54 Å². The first-order chi connectivity index (χ1) is 14.3. The van der Waals surface area contributed by atoms with Crippen molar-refractivity contribution in [2.24, 2.45) is 0 Å². The number of methoxy groups -OCH3 is 1. The predicted octanol–water partition coefficient (Wildman–Crippen LogP) is 6.18. The van der Waals surface area contributed by atoms with Crippen molar-refractivity contribution in [2.45, 2.75) is 64.5 Å². The number of likely N-dealkylation sites (tertiary alicyclic amines) is 1. The van der Waals surface area contributed by atoms with E-state index >= 15 is 0 Å². The average Bonchev–Trinajstić information content (AvgIpc) is 3.48. The van der Waals surface area contributed by atoms with E-state index in [0.717, 1.165) is 18.0 Å². The first kappa shape index (κ1) is 19.1. The molecular formula is C24H31N3OS. The van der Waals surface area contributed by atoms with Crippen molar-refractivity contribution in [2.75, 3.05) is 20.2 Å². The van der Waals surface area contributed by atoms with E-state index in [4.69, 9.17) is 9.72 Å². The summed E-state index contributed by atoms with van der Waals surface area (Å²) in [5, 5.41) is 4.78. The van der Waals surface area contributed by atoms with Gasteiger partial charge in [-0.2, -0.15) is 0 Å². The van der Waals surface area contributed by atoms with E-state index in [2.05, 4.69) is 40.0 Å². The summed E-state index contributed by atoms with van der Waals surface area (Å²) < 4.78 is 8.38. The van der Waals surface area contributed by atoms with Crippen LogP contribution in [0, 0.1) is 6.92 Å². The summed E-state index contributed by atoms with van der Waals surface area (Å²) in [7, 11) is 1.79. The van der Waals surface area contributed by atoms with Crippen LogP contribution in [0.15, 0.2) is 23.6 Å². The van der Waals surface area contributed by atoms with Crippen molar-refractivity contribution < 1.29 is 4.74 Å². The SMILES string of the molecule is COc1cccc2c(-c3csc(CN4CCCC4)n3)c(C)n(C3CCCCC3)c12. The highest BCUT2D eigenvalue weighted by atomic mass is 32.1. The van der Waals surface area contributed by atoms with Crippen molar-refractivity contribution in [1.82, 2.24) is 14.5 Å². The second kappa shape index (κ2) is 8.11. The van der Waals surface area contributed by atoms with Crippen LogP contribution in [0.3, 0.4) is 0 Å². The summed E-state index contributed by atoms with van der Waals surface area (Å²) in [6, 6.07) is 7.04. The molecule has 4 nitrogen and oxygen atoms in total. The Labute approximate surface area is 177 Å². The van der Waals surface area contributed by atoms with Crippen LogP contribution in [0.5, 0.6) is 5.75 Å². The van der Waals surface area contributed by atoms with Gasteiger partial charge in [0.05, 0.1) is 24.9 Å². The lowest BCUT2D eigenvalue weighted by Crippen LogP contribution is -2.18. The number of ether oxygens (including phenoxy) is 1. The first-order valence-corrected chi connectivity index (χ1v) is 12.0. The summed E-state index contributed by atoms with van der Waals surface area (Å²) in [6.07, 6.45) is 9.19. The molecule has 0 spiro atoms. The maximum absolute atomic E-state index is 5.81. The van der Waals surface area contributed by atoms with Crippen LogP contribution >= 0.6 is 11.3 Å². The van der Waals surface area contributed by atoms with Crippen LogP contribution < -0.4 is 4.74 Å². The Morgan fingerprint density at radius 3 is 2.66 bits per heavy atom. The smallest absolute Gasteiger partial charge is 0.143 e. The molecule has 1 aliphatic carbocycles. The Kier molecular flexibility index (Phi) is 5.35. The van der Waals surface area contributed by atoms with Gasteiger partial charge >= 0.3 is 0 Å². The van der Waals surface area contributed by atoms with Crippen LogP contribution in [-0.4, -0.2) is 34.7 Å². The van der Waals surface area contributed by atoms with E-state index in [0.29, 0.717) is 6.04 Å². The van der Waals surface area contributed by atoms with Gasteiger partial charge in [0.15, 0.2) is 0 Å². The van der Waals surface area contributed by atoms with Gasteiger partial charge in [0, 0.05) is 28.1 Å². The number of fused-ring (bicyclic) bond motifs is 1. The molecule has 0 N–H and O–H groups in total. The Bertz CT molecular complexity index is 993. The molecule has 3 aromatic rings. The average molecular weight is 410 g/mol. The molecule has 5 rings (SSSR count). The minimum Gasteiger partial charge on any atom is -0.495 e. The molecule has 3 heterocycles. The molecule has 29 heavy (non-hydrogen) atoms. The fourth-order valence-corrected chi connectivity index (χ4v) is 6.20. The topological polar surface area (TPSA) is 30.3 Å². The van der Waals surface area contributed by atoms with E-state index in [1.807, 2.05) is 11.3 Å². The van der Waals surface area contributed by atoms with E-state index in [-0.39, 0.29) is 0 Å². The molecule has 0 radical (unpaired) electrons. The molecule has 0 bridgehead atoms. The maximum Gasteiger partial charge on any atom is 0.143 e. The third-order valence-electron chi connectivity index (χ3n) is 6.76. The third-order valence-corrected chi connectivity index (χ3v) is 7.59. The van der Waals surface area contributed by atoms with Gasteiger partial charge in [0.25, 0.3) is 0 Å². The summed E-state index contributed by atoms with van der Waals surface area (Å²) in [5.74, 6) is 0.981. The fraction of sp³-hybridized carbons (Fsp3) is 0.542. The largest absolute Gasteiger partial charge is 0.495 e. The van der Waals surface area contributed by atoms with Gasteiger partial charge in [-0.1, -0.05) is 31.4 Å². The van der Waals surface area contributed by atoms with Gasteiger partial charge in [-0.25, -0.2) is 4.98 Å². The molecule has 0 unspecified atom stereocenters. The molecule has 1 saturated heterocycles. The fourth-order valence-electron chi connectivity index (χ4n) is 5.37. The molecule has 154 valence electrons. The summed E-state index contributed by atoms with van der Waals surface area (Å²) in [5.41, 5.74) is 5.03. The highest BCUT2D eigenvalue weighted by molar-refractivity contribution is 7.09. The quantitative estimate of drug-likeness (QED) is 0.504. The molecule has 2 aliphatic rings. The van der Waals surface area contributed by atoms with Gasteiger partial charge in [0.2, 0.25) is 0 Å². The number of hydrogen-bond acceptors (Lipinski definition) is 4. The molecule has 1 aromatic carbocycles. The van der Waals surface area contributed by atoms with E-state index in [9.17, 15) is 0 Å². The van der Waals surface area contributed by atoms with Crippen molar-refractivity contribution in [3.63, 3.8) is 0 Å². The van der Waals surface area contributed by atoms with Crippen LogP contribution in [0.2, 0.25) is 0 Å². The molecule has 0 amide bonds. The normalized spacial score (nSPS) is 18.7. The van der Waals surface area contributed by atoms with Crippen molar-refractivity contribution in [1.29, 1.82) is 0 Å². The third kappa shape index (κ3) is 3.49. The second-order valence-corrected chi connectivity index (χ2v) is 9.53. The summed E-state index contributed by atoms with van der Waals surface area (Å²) in [6.45, 7) is 5.70. The van der Waals surface area contributed by atoms with Gasteiger partial charge in [0.1, 0.15) is 10.8 Å². The zero-order valence-electron chi connectivity index (χ0n) is 17.6. The van der Waals surface area contributed by atoms with Crippen LogP contribution in [0.1, 0.15) is 61.7 Å². The minimum absolute atomic E-state index is 0.569. The Morgan fingerprint density at radius 2 is 1.90 bits per heavy atom. The molecule has 2 aromatic heterocycles. The predicted molar refractivity (Wildman–Crippen MR) is 121 cm³/mol. The van der Waals surface area contributed by atoms with Gasteiger partial charge in [-0.05, 0) is 51.8 Å². The van der Waals surface area contributed by atoms with Crippen LogP contribution in [0.4, 0.5) is 0 Å². The Morgan fingerprint density at radius 1 is 1.10 bits per heavy atom. The Hall–Kier alpha value is -1.85. The highest BCUT2D eigenvalue weighted by Crippen LogP contribution is 2.43. The second-order valence-electron chi connectivity index (χ2n) is 8.59. The van der Waals surface area contributed by atoms with E-state index < -0.39 is 0 Å². The van der Waals surface area contributed by atoms with Gasteiger partial charge in [-0.15, -0.1) is 11.3 Å². The maximum atomic E-state index is 5.81. The zero-order chi connectivity index (χ0) is 19.8. The molecule has 5 heteroatoms.